The van der Waals surface area contributed by atoms with Gasteiger partial charge in [0.15, 0.2) is 0 Å². The van der Waals surface area contributed by atoms with Gasteiger partial charge in [-0.3, -0.25) is 24.0 Å². The van der Waals surface area contributed by atoms with E-state index >= 15 is 0 Å². The molecule has 1 atom stereocenters. The van der Waals surface area contributed by atoms with Crippen LogP contribution in [0.2, 0.25) is 0 Å². The Hall–Kier alpha value is -2.00. The topological polar surface area (TPSA) is 119 Å². The molecule has 0 radical (unpaired) electrons. The molecule has 0 aromatic carbocycles. The predicted molar refractivity (Wildman–Crippen MR) is 71.8 cm³/mol. The Balaban J connectivity index is 3.23. The number of aliphatic hydroxyl groups is 1. The highest BCUT2D eigenvalue weighted by molar-refractivity contribution is 5.21. The van der Waals surface area contributed by atoms with Gasteiger partial charge in [0.1, 0.15) is 0 Å². The maximum atomic E-state index is 12.0. The zero-order valence-electron chi connectivity index (χ0n) is 11.4. The summed E-state index contributed by atoms with van der Waals surface area (Å²) in [6, 6.07) is 0. The number of nitrogens with one attached hydrogen (secondary N) is 1. The highest BCUT2D eigenvalue weighted by Crippen LogP contribution is 2.00. The molecular formula is C11H18N4O5. The largest absolute Gasteiger partial charge is 0.390 e. The van der Waals surface area contributed by atoms with Crippen LogP contribution in [0.4, 0.5) is 5.69 Å². The van der Waals surface area contributed by atoms with E-state index in [1.807, 2.05) is 6.92 Å². The van der Waals surface area contributed by atoms with Gasteiger partial charge in [-0.2, -0.15) is 0 Å². The molecule has 2 N–H and O–H groups in total. The Morgan fingerprint density at radius 3 is 2.60 bits per heavy atom. The minimum Gasteiger partial charge on any atom is -0.390 e. The van der Waals surface area contributed by atoms with Crippen LogP contribution in [0, 0.1) is 10.1 Å². The predicted octanol–water partition coefficient (Wildman–Crippen LogP) is -1.09. The summed E-state index contributed by atoms with van der Waals surface area (Å²) in [7, 11) is 0. The average Bonchev–Trinajstić information content (AvgIpc) is 2.41. The molecule has 0 saturated heterocycles. The van der Waals surface area contributed by atoms with Crippen LogP contribution in [0.1, 0.15) is 13.8 Å². The maximum Gasteiger partial charge on any atom is 0.350 e. The van der Waals surface area contributed by atoms with Gasteiger partial charge in [-0.25, -0.2) is 4.79 Å². The molecule has 0 aliphatic heterocycles. The molecule has 0 amide bonds. The molecule has 20 heavy (non-hydrogen) atoms. The SMILES string of the molecule is CCNCC(O)Cn1c(=O)c([N+](=O)[O-])cn(CC)c1=O. The van der Waals surface area contributed by atoms with Crippen molar-refractivity contribution >= 4 is 5.69 Å². The molecule has 0 bridgehead atoms. The first-order valence-electron chi connectivity index (χ1n) is 6.29. The van der Waals surface area contributed by atoms with Crippen molar-refractivity contribution < 1.29 is 10.0 Å². The first kappa shape index (κ1) is 16.1. The van der Waals surface area contributed by atoms with Gasteiger partial charge in [0.25, 0.3) is 0 Å². The fourth-order valence-corrected chi connectivity index (χ4v) is 1.74. The van der Waals surface area contributed by atoms with Crippen molar-refractivity contribution in [3.63, 3.8) is 0 Å². The van der Waals surface area contributed by atoms with E-state index < -0.39 is 28.0 Å². The molecule has 1 heterocycles. The fourth-order valence-electron chi connectivity index (χ4n) is 1.74. The standard InChI is InChI=1S/C11H18N4O5/c1-3-12-5-8(16)6-14-10(17)9(15(19)20)7-13(4-2)11(14)18/h7-8,12,16H,3-6H2,1-2H3. The number of hydrogen-bond donors (Lipinski definition) is 2. The van der Waals surface area contributed by atoms with Gasteiger partial charge in [-0.05, 0) is 13.5 Å². The van der Waals surface area contributed by atoms with Crippen molar-refractivity contribution in [2.45, 2.75) is 33.0 Å². The van der Waals surface area contributed by atoms with Gasteiger partial charge in [-0.15, -0.1) is 0 Å². The molecule has 0 saturated carbocycles. The van der Waals surface area contributed by atoms with Crippen LogP contribution in [0.25, 0.3) is 0 Å². The summed E-state index contributed by atoms with van der Waals surface area (Å²) < 4.78 is 1.77. The van der Waals surface area contributed by atoms with Gasteiger partial charge >= 0.3 is 16.9 Å². The number of aromatic nitrogens is 2. The normalized spacial score (nSPS) is 12.3. The Morgan fingerprint density at radius 1 is 1.45 bits per heavy atom. The summed E-state index contributed by atoms with van der Waals surface area (Å²) in [6.07, 6.45) is -0.0506. The minimum atomic E-state index is -1.000. The molecule has 112 valence electrons. The van der Waals surface area contributed by atoms with E-state index in [1.54, 1.807) is 6.92 Å². The lowest BCUT2D eigenvalue weighted by molar-refractivity contribution is -0.387. The molecule has 0 spiro atoms. The molecule has 0 fully saturated rings. The Labute approximate surface area is 114 Å². The van der Waals surface area contributed by atoms with Crippen LogP contribution < -0.4 is 16.6 Å². The van der Waals surface area contributed by atoms with Crippen LogP contribution in [-0.4, -0.2) is 38.4 Å². The molecular weight excluding hydrogens is 268 g/mol. The first-order chi connectivity index (χ1) is 9.42. The number of aliphatic hydroxyl groups excluding tert-OH is 1. The Morgan fingerprint density at radius 2 is 2.10 bits per heavy atom. The third kappa shape index (κ3) is 3.52. The molecule has 0 aliphatic rings. The maximum absolute atomic E-state index is 12.0. The van der Waals surface area contributed by atoms with E-state index in [9.17, 15) is 24.8 Å². The second kappa shape index (κ2) is 6.96. The van der Waals surface area contributed by atoms with Crippen LogP contribution in [0.15, 0.2) is 15.8 Å². The zero-order chi connectivity index (χ0) is 15.3. The van der Waals surface area contributed by atoms with Crippen LogP contribution in [-0.2, 0) is 13.1 Å². The molecule has 1 aromatic heterocycles. The monoisotopic (exact) mass is 286 g/mol. The second-order valence-electron chi connectivity index (χ2n) is 4.22. The summed E-state index contributed by atoms with van der Waals surface area (Å²) in [4.78, 5) is 33.8. The summed E-state index contributed by atoms with van der Waals surface area (Å²) >= 11 is 0. The van der Waals surface area contributed by atoms with Gasteiger partial charge in [0, 0.05) is 13.1 Å². The molecule has 9 nitrogen and oxygen atoms in total. The Bertz CT molecular complexity index is 591. The van der Waals surface area contributed by atoms with Crippen molar-refractivity contribution in [2.24, 2.45) is 0 Å². The first-order valence-corrected chi connectivity index (χ1v) is 6.29. The third-order valence-electron chi connectivity index (χ3n) is 2.78. The van der Waals surface area contributed by atoms with Gasteiger partial charge < -0.3 is 10.4 Å². The molecule has 1 aromatic rings. The number of aryl methyl sites for hydroxylation is 1. The number of rotatable bonds is 7. The van der Waals surface area contributed by atoms with Crippen molar-refractivity contribution in [3.8, 4) is 0 Å². The summed E-state index contributed by atoms with van der Waals surface area (Å²) in [6.45, 7) is 4.21. The highest BCUT2D eigenvalue weighted by Gasteiger charge is 2.20. The number of nitro groups is 1. The van der Waals surface area contributed by atoms with Crippen molar-refractivity contribution in [1.82, 2.24) is 14.5 Å². The van der Waals surface area contributed by atoms with E-state index in [-0.39, 0.29) is 19.6 Å². The number of hydrogen-bond acceptors (Lipinski definition) is 6. The van der Waals surface area contributed by atoms with E-state index in [0.29, 0.717) is 11.1 Å². The van der Waals surface area contributed by atoms with E-state index in [0.717, 1.165) is 10.8 Å². The number of likely N-dealkylation sites (N-methyl/N-ethyl adjacent to an activating group) is 1. The minimum absolute atomic E-state index is 0.192. The zero-order valence-corrected chi connectivity index (χ0v) is 11.4. The fraction of sp³-hybridized carbons (Fsp3) is 0.636. The lowest BCUT2D eigenvalue weighted by Gasteiger charge is -2.13. The Kier molecular flexibility index (Phi) is 5.59. The van der Waals surface area contributed by atoms with Gasteiger partial charge in [-0.1, -0.05) is 6.92 Å². The van der Waals surface area contributed by atoms with Crippen LogP contribution in [0.5, 0.6) is 0 Å². The number of nitrogens with zero attached hydrogens (tertiary/aromatic N) is 3. The van der Waals surface area contributed by atoms with Crippen LogP contribution in [0.3, 0.4) is 0 Å². The summed E-state index contributed by atoms with van der Waals surface area (Å²) in [5, 5.41) is 23.4. The smallest absolute Gasteiger partial charge is 0.350 e. The molecule has 0 aliphatic carbocycles. The molecule has 1 unspecified atom stereocenters. The van der Waals surface area contributed by atoms with Crippen molar-refractivity contribution in [3.05, 3.63) is 37.1 Å². The lowest BCUT2D eigenvalue weighted by Crippen LogP contribution is -2.44. The van der Waals surface area contributed by atoms with Gasteiger partial charge in [0.2, 0.25) is 0 Å². The van der Waals surface area contributed by atoms with E-state index in [2.05, 4.69) is 5.32 Å². The third-order valence-corrected chi connectivity index (χ3v) is 2.78. The average molecular weight is 286 g/mol. The van der Waals surface area contributed by atoms with Crippen molar-refractivity contribution in [1.29, 1.82) is 0 Å². The summed E-state index contributed by atoms with van der Waals surface area (Å²) in [5.41, 5.74) is -2.35. The quantitative estimate of drug-likeness (QED) is 0.485. The lowest BCUT2D eigenvalue weighted by atomic mass is 10.3. The van der Waals surface area contributed by atoms with Crippen molar-refractivity contribution in [2.75, 3.05) is 13.1 Å². The molecule has 1 rings (SSSR count). The van der Waals surface area contributed by atoms with E-state index in [1.165, 1.54) is 0 Å². The van der Waals surface area contributed by atoms with E-state index in [4.69, 9.17) is 0 Å². The second-order valence-corrected chi connectivity index (χ2v) is 4.22. The highest BCUT2D eigenvalue weighted by atomic mass is 16.6. The summed E-state index contributed by atoms with van der Waals surface area (Å²) in [5.74, 6) is 0. The molecule has 9 heteroatoms. The van der Waals surface area contributed by atoms with Crippen LogP contribution >= 0.6 is 0 Å². The van der Waals surface area contributed by atoms with Gasteiger partial charge in [0.05, 0.1) is 23.8 Å².